The average molecular weight is 231 g/mol. The highest BCUT2D eigenvalue weighted by Crippen LogP contribution is 2.26. The highest BCUT2D eigenvalue weighted by Gasteiger charge is 2.16. The summed E-state index contributed by atoms with van der Waals surface area (Å²) in [7, 11) is 1.80. The molecule has 0 unspecified atom stereocenters. The molecule has 1 aromatic carbocycles. The summed E-state index contributed by atoms with van der Waals surface area (Å²) < 4.78 is 5.87. The summed E-state index contributed by atoms with van der Waals surface area (Å²) in [6.07, 6.45) is 0. The van der Waals surface area contributed by atoms with Crippen molar-refractivity contribution in [3.63, 3.8) is 0 Å². The molecule has 0 saturated carbocycles. The van der Waals surface area contributed by atoms with Gasteiger partial charge in [0.2, 0.25) is 11.8 Å². The highest BCUT2D eigenvalue weighted by molar-refractivity contribution is 5.84. The fourth-order valence-corrected chi connectivity index (χ4v) is 1.53. The number of hydrogen-bond acceptors (Lipinski definition) is 4. The molecule has 2 rings (SSSR count). The van der Waals surface area contributed by atoms with Crippen molar-refractivity contribution in [3.8, 4) is 5.88 Å². The average Bonchev–Trinajstić information content (AvgIpc) is 2.26. The van der Waals surface area contributed by atoms with Gasteiger partial charge in [0.15, 0.2) is 0 Å². The fourth-order valence-electron chi connectivity index (χ4n) is 1.53. The molecule has 0 amide bonds. The van der Waals surface area contributed by atoms with Gasteiger partial charge in [-0.3, -0.25) is 0 Å². The van der Waals surface area contributed by atoms with Crippen molar-refractivity contribution in [2.45, 2.75) is 26.4 Å². The number of nitrogens with zero attached hydrogens (tertiary/aromatic N) is 2. The molecule has 1 N–H and O–H groups in total. The van der Waals surface area contributed by atoms with Gasteiger partial charge in [0.05, 0.1) is 10.9 Å². The maximum absolute atomic E-state index is 5.87. The summed E-state index contributed by atoms with van der Waals surface area (Å²) in [4.78, 5) is 8.74. The maximum Gasteiger partial charge on any atom is 0.226 e. The van der Waals surface area contributed by atoms with E-state index < -0.39 is 0 Å². The van der Waals surface area contributed by atoms with Crippen molar-refractivity contribution in [1.82, 2.24) is 9.97 Å². The van der Waals surface area contributed by atoms with E-state index in [0.717, 1.165) is 10.9 Å². The van der Waals surface area contributed by atoms with Gasteiger partial charge >= 0.3 is 0 Å². The van der Waals surface area contributed by atoms with E-state index in [1.165, 1.54) is 0 Å². The van der Waals surface area contributed by atoms with E-state index in [9.17, 15) is 0 Å². The number of fused-ring (bicyclic) bond motifs is 1. The zero-order valence-electron chi connectivity index (χ0n) is 10.6. The standard InChI is InChI=1S/C13H17N3O/c1-13(2,3)17-11-9-7-5-6-8-10(9)15-12(14-4)16-11/h5-8H,1-4H3,(H,14,15,16). The minimum Gasteiger partial charge on any atom is -0.471 e. The molecule has 90 valence electrons. The third kappa shape index (κ3) is 2.64. The molecule has 0 aliphatic carbocycles. The molecule has 0 aliphatic heterocycles. The number of hydrogen-bond donors (Lipinski definition) is 1. The molecule has 0 aliphatic rings. The second-order valence-electron chi connectivity index (χ2n) is 4.83. The van der Waals surface area contributed by atoms with Crippen LogP contribution in [0.2, 0.25) is 0 Å². The monoisotopic (exact) mass is 231 g/mol. The van der Waals surface area contributed by atoms with E-state index in [1.807, 2.05) is 45.0 Å². The summed E-state index contributed by atoms with van der Waals surface area (Å²) in [5.74, 6) is 1.19. The van der Waals surface area contributed by atoms with Crippen LogP contribution in [0.3, 0.4) is 0 Å². The fraction of sp³-hybridized carbons (Fsp3) is 0.385. The predicted molar refractivity (Wildman–Crippen MR) is 69.5 cm³/mol. The zero-order chi connectivity index (χ0) is 12.5. The second kappa shape index (κ2) is 4.20. The van der Waals surface area contributed by atoms with Gasteiger partial charge < -0.3 is 10.1 Å². The van der Waals surface area contributed by atoms with E-state index in [1.54, 1.807) is 7.05 Å². The molecular weight excluding hydrogens is 214 g/mol. The first-order valence-electron chi connectivity index (χ1n) is 5.63. The lowest BCUT2D eigenvalue weighted by Gasteiger charge is -2.21. The highest BCUT2D eigenvalue weighted by atomic mass is 16.5. The van der Waals surface area contributed by atoms with E-state index >= 15 is 0 Å². The Kier molecular flexibility index (Phi) is 2.88. The molecule has 17 heavy (non-hydrogen) atoms. The lowest BCUT2D eigenvalue weighted by atomic mass is 10.2. The van der Waals surface area contributed by atoms with Crippen LogP contribution in [-0.4, -0.2) is 22.6 Å². The topological polar surface area (TPSA) is 47.0 Å². The minimum absolute atomic E-state index is 0.276. The summed E-state index contributed by atoms with van der Waals surface area (Å²) in [5, 5.41) is 3.87. The summed E-state index contributed by atoms with van der Waals surface area (Å²) >= 11 is 0. The summed E-state index contributed by atoms with van der Waals surface area (Å²) in [6, 6.07) is 7.83. The lowest BCUT2D eigenvalue weighted by molar-refractivity contribution is 0.126. The largest absolute Gasteiger partial charge is 0.471 e. The van der Waals surface area contributed by atoms with E-state index in [0.29, 0.717) is 11.8 Å². The minimum atomic E-state index is -0.276. The molecule has 2 aromatic rings. The Labute approximate surface area is 101 Å². The van der Waals surface area contributed by atoms with Crippen LogP contribution in [0.25, 0.3) is 10.9 Å². The SMILES string of the molecule is CNc1nc(OC(C)(C)C)c2ccccc2n1. The van der Waals surface area contributed by atoms with Gasteiger partial charge in [-0.15, -0.1) is 0 Å². The van der Waals surface area contributed by atoms with Gasteiger partial charge in [-0.1, -0.05) is 12.1 Å². The maximum atomic E-state index is 5.87. The number of benzene rings is 1. The Bertz CT molecular complexity index is 532. The smallest absolute Gasteiger partial charge is 0.226 e. The van der Waals surface area contributed by atoms with Crippen molar-refractivity contribution in [1.29, 1.82) is 0 Å². The van der Waals surface area contributed by atoms with Crippen molar-refractivity contribution in [2.75, 3.05) is 12.4 Å². The molecule has 1 heterocycles. The quantitative estimate of drug-likeness (QED) is 0.863. The Morgan fingerprint density at radius 3 is 2.47 bits per heavy atom. The Hall–Kier alpha value is -1.84. The number of nitrogens with one attached hydrogen (secondary N) is 1. The van der Waals surface area contributed by atoms with Crippen LogP contribution in [0.1, 0.15) is 20.8 Å². The number of aromatic nitrogens is 2. The Morgan fingerprint density at radius 2 is 1.82 bits per heavy atom. The number of anilines is 1. The molecule has 0 bridgehead atoms. The molecule has 4 nitrogen and oxygen atoms in total. The second-order valence-corrected chi connectivity index (χ2v) is 4.83. The Balaban J connectivity index is 2.58. The number of para-hydroxylation sites is 1. The molecule has 0 atom stereocenters. The van der Waals surface area contributed by atoms with Crippen molar-refractivity contribution in [3.05, 3.63) is 24.3 Å². The summed E-state index contributed by atoms with van der Waals surface area (Å²) in [6.45, 7) is 6.01. The first kappa shape index (κ1) is 11.6. The van der Waals surface area contributed by atoms with Crippen molar-refractivity contribution >= 4 is 16.9 Å². The van der Waals surface area contributed by atoms with E-state index in [2.05, 4.69) is 15.3 Å². The number of ether oxygens (including phenoxy) is 1. The molecular formula is C13H17N3O. The van der Waals surface area contributed by atoms with Gasteiger partial charge in [-0.2, -0.15) is 4.98 Å². The van der Waals surface area contributed by atoms with E-state index in [-0.39, 0.29) is 5.60 Å². The van der Waals surface area contributed by atoms with Gasteiger partial charge in [-0.25, -0.2) is 4.98 Å². The molecule has 0 radical (unpaired) electrons. The third-order valence-electron chi connectivity index (χ3n) is 2.19. The lowest BCUT2D eigenvalue weighted by Crippen LogP contribution is -2.24. The third-order valence-corrected chi connectivity index (χ3v) is 2.19. The molecule has 1 aromatic heterocycles. The Morgan fingerprint density at radius 1 is 1.12 bits per heavy atom. The van der Waals surface area contributed by atoms with Crippen LogP contribution < -0.4 is 10.1 Å². The normalized spacial score (nSPS) is 11.5. The van der Waals surface area contributed by atoms with Crippen LogP contribution in [-0.2, 0) is 0 Å². The van der Waals surface area contributed by atoms with Crippen LogP contribution in [0, 0.1) is 0 Å². The van der Waals surface area contributed by atoms with Crippen LogP contribution in [0.5, 0.6) is 5.88 Å². The van der Waals surface area contributed by atoms with Crippen LogP contribution in [0.4, 0.5) is 5.95 Å². The van der Waals surface area contributed by atoms with Crippen molar-refractivity contribution in [2.24, 2.45) is 0 Å². The van der Waals surface area contributed by atoms with Gasteiger partial charge in [0, 0.05) is 7.05 Å². The van der Waals surface area contributed by atoms with Crippen molar-refractivity contribution < 1.29 is 4.74 Å². The first-order chi connectivity index (χ1) is 7.99. The van der Waals surface area contributed by atoms with Crippen LogP contribution in [0.15, 0.2) is 24.3 Å². The predicted octanol–water partition coefficient (Wildman–Crippen LogP) is 2.85. The van der Waals surface area contributed by atoms with Gasteiger partial charge in [-0.05, 0) is 32.9 Å². The van der Waals surface area contributed by atoms with Gasteiger partial charge in [0.25, 0.3) is 0 Å². The molecule has 4 heteroatoms. The number of rotatable bonds is 2. The molecule has 0 saturated heterocycles. The summed E-state index contributed by atoms with van der Waals surface area (Å²) in [5.41, 5.74) is 0.605. The van der Waals surface area contributed by atoms with Gasteiger partial charge in [0.1, 0.15) is 5.60 Å². The van der Waals surface area contributed by atoms with E-state index in [4.69, 9.17) is 4.74 Å². The molecule has 0 fully saturated rings. The first-order valence-corrected chi connectivity index (χ1v) is 5.63. The zero-order valence-corrected chi connectivity index (χ0v) is 10.6. The van der Waals surface area contributed by atoms with Crippen LogP contribution >= 0.6 is 0 Å². The molecule has 0 spiro atoms.